The molecule has 1 heterocycles. The lowest BCUT2D eigenvalue weighted by molar-refractivity contribution is -0.119. The quantitative estimate of drug-likeness (QED) is 0.691. The third-order valence-corrected chi connectivity index (χ3v) is 6.47. The van der Waals surface area contributed by atoms with E-state index in [9.17, 15) is 4.79 Å². The summed E-state index contributed by atoms with van der Waals surface area (Å²) in [5, 5.41) is 15.9. The fourth-order valence-corrected chi connectivity index (χ4v) is 4.69. The molecule has 1 aromatic carbocycles. The van der Waals surface area contributed by atoms with Crippen molar-refractivity contribution in [3.8, 4) is 0 Å². The zero-order chi connectivity index (χ0) is 17.6. The van der Waals surface area contributed by atoms with Gasteiger partial charge in [-0.1, -0.05) is 60.5 Å². The van der Waals surface area contributed by atoms with Crippen LogP contribution in [0.3, 0.4) is 0 Å². The van der Waals surface area contributed by atoms with Crippen molar-refractivity contribution in [2.75, 3.05) is 11.1 Å². The maximum atomic E-state index is 12.2. The van der Waals surface area contributed by atoms with E-state index in [0.29, 0.717) is 27.9 Å². The predicted octanol–water partition coefficient (Wildman–Crippen LogP) is 4.72. The molecular formula is C17H21ClN4OS2. The van der Waals surface area contributed by atoms with Gasteiger partial charge in [-0.3, -0.25) is 4.79 Å². The first-order chi connectivity index (χ1) is 12.1. The van der Waals surface area contributed by atoms with Crippen LogP contribution >= 0.6 is 34.7 Å². The number of nitrogens with zero attached hydrogens (tertiary/aromatic N) is 2. The number of thioether (sulfide) groups is 1. The van der Waals surface area contributed by atoms with Gasteiger partial charge in [-0.2, -0.15) is 0 Å². The normalized spacial score (nSPS) is 20.2. The van der Waals surface area contributed by atoms with Crippen molar-refractivity contribution in [3.63, 3.8) is 0 Å². The van der Waals surface area contributed by atoms with E-state index >= 15 is 0 Å². The van der Waals surface area contributed by atoms with Crippen molar-refractivity contribution >= 4 is 51.4 Å². The van der Waals surface area contributed by atoms with Gasteiger partial charge in [-0.15, -0.1) is 10.2 Å². The highest BCUT2D eigenvalue weighted by atomic mass is 35.5. The molecule has 0 aliphatic heterocycles. The highest BCUT2D eigenvalue weighted by Gasteiger charge is 2.22. The minimum atomic E-state index is 0.0725. The molecule has 5 nitrogen and oxygen atoms in total. The van der Waals surface area contributed by atoms with E-state index in [1.54, 1.807) is 0 Å². The number of anilines is 2. The van der Waals surface area contributed by atoms with E-state index < -0.39 is 0 Å². The molecule has 1 aromatic heterocycles. The molecule has 2 aromatic rings. The zero-order valence-electron chi connectivity index (χ0n) is 14.0. The molecule has 8 heteroatoms. The molecule has 25 heavy (non-hydrogen) atoms. The Bertz CT molecular complexity index is 724. The molecule has 1 fully saturated rings. The van der Waals surface area contributed by atoms with Gasteiger partial charge in [0, 0.05) is 16.8 Å². The lowest BCUT2D eigenvalue weighted by atomic mass is 9.86. The van der Waals surface area contributed by atoms with Crippen LogP contribution in [0.15, 0.2) is 28.6 Å². The molecule has 1 aliphatic rings. The van der Waals surface area contributed by atoms with Crippen molar-refractivity contribution in [2.45, 2.75) is 43.0 Å². The third-order valence-electron chi connectivity index (χ3n) is 4.27. The third kappa shape index (κ3) is 5.59. The second kappa shape index (κ2) is 8.87. The lowest BCUT2D eigenvalue weighted by Crippen LogP contribution is -2.41. The Kier molecular flexibility index (Phi) is 6.56. The molecule has 2 N–H and O–H groups in total. The maximum Gasteiger partial charge on any atom is 0.230 e. The topological polar surface area (TPSA) is 66.9 Å². The zero-order valence-corrected chi connectivity index (χ0v) is 16.4. The summed E-state index contributed by atoms with van der Waals surface area (Å²) in [5.74, 6) is 1.01. The second-order valence-corrected chi connectivity index (χ2v) is 8.87. The molecule has 134 valence electrons. The monoisotopic (exact) mass is 396 g/mol. The number of carbonyl (C=O) groups is 1. The molecule has 1 amide bonds. The summed E-state index contributed by atoms with van der Waals surface area (Å²) in [6.07, 6.45) is 4.77. The van der Waals surface area contributed by atoms with Crippen molar-refractivity contribution < 1.29 is 4.79 Å². The number of carbonyl (C=O) groups excluding carboxylic acids is 1. The van der Waals surface area contributed by atoms with Crippen molar-refractivity contribution in [1.82, 2.24) is 15.5 Å². The van der Waals surface area contributed by atoms with E-state index in [-0.39, 0.29) is 5.91 Å². The molecular weight excluding hydrogens is 376 g/mol. The Morgan fingerprint density at radius 3 is 3.00 bits per heavy atom. The number of hydrogen-bond donors (Lipinski definition) is 2. The van der Waals surface area contributed by atoms with Gasteiger partial charge in [0.15, 0.2) is 4.34 Å². The molecule has 0 radical (unpaired) electrons. The molecule has 1 aliphatic carbocycles. The van der Waals surface area contributed by atoms with Crippen LogP contribution in [0.2, 0.25) is 5.02 Å². The van der Waals surface area contributed by atoms with Crippen molar-refractivity contribution in [3.05, 3.63) is 29.3 Å². The van der Waals surface area contributed by atoms with Gasteiger partial charge in [-0.25, -0.2) is 0 Å². The Morgan fingerprint density at radius 2 is 2.20 bits per heavy atom. The van der Waals surface area contributed by atoms with Gasteiger partial charge in [-0.05, 0) is 37.0 Å². The largest absolute Gasteiger partial charge is 0.352 e. The molecule has 0 unspecified atom stereocenters. The minimum absolute atomic E-state index is 0.0725. The summed E-state index contributed by atoms with van der Waals surface area (Å²) in [5.41, 5.74) is 0.865. The van der Waals surface area contributed by atoms with Crippen LogP contribution in [0.25, 0.3) is 0 Å². The molecule has 0 spiro atoms. The standard InChI is InChI=1S/C17H21ClN4OS2/c1-11-5-2-3-8-14(11)20-15(23)10-24-17-22-21-16(25-17)19-13-7-4-6-12(18)9-13/h4,6-7,9,11,14H,2-3,5,8,10H2,1H3,(H,19,21)(H,20,23)/t11-,14-/m1/s1. The average Bonchev–Trinajstić information content (AvgIpc) is 3.03. The van der Waals surface area contributed by atoms with Gasteiger partial charge in [0.1, 0.15) is 0 Å². The fourth-order valence-electron chi connectivity index (χ4n) is 2.91. The lowest BCUT2D eigenvalue weighted by Gasteiger charge is -2.29. The highest BCUT2D eigenvalue weighted by molar-refractivity contribution is 8.01. The molecule has 2 atom stereocenters. The van der Waals surface area contributed by atoms with Crippen LogP contribution in [-0.2, 0) is 4.79 Å². The summed E-state index contributed by atoms with van der Waals surface area (Å²) < 4.78 is 0.774. The van der Waals surface area contributed by atoms with Crippen LogP contribution in [-0.4, -0.2) is 27.9 Å². The van der Waals surface area contributed by atoms with Crippen molar-refractivity contribution in [2.24, 2.45) is 5.92 Å². The van der Waals surface area contributed by atoms with Gasteiger partial charge in [0.05, 0.1) is 5.75 Å². The van der Waals surface area contributed by atoms with Gasteiger partial charge in [0.2, 0.25) is 11.0 Å². The Labute approximate surface area is 161 Å². The van der Waals surface area contributed by atoms with E-state index in [2.05, 4.69) is 27.8 Å². The molecule has 0 saturated heterocycles. The van der Waals surface area contributed by atoms with Gasteiger partial charge >= 0.3 is 0 Å². The number of aromatic nitrogens is 2. The number of nitrogens with one attached hydrogen (secondary N) is 2. The van der Waals surface area contributed by atoms with Crippen LogP contribution in [0.5, 0.6) is 0 Å². The number of amides is 1. The van der Waals surface area contributed by atoms with E-state index in [4.69, 9.17) is 11.6 Å². The predicted molar refractivity (Wildman–Crippen MR) is 105 cm³/mol. The average molecular weight is 397 g/mol. The summed E-state index contributed by atoms with van der Waals surface area (Å²) in [4.78, 5) is 12.2. The number of hydrogen-bond acceptors (Lipinski definition) is 6. The first-order valence-electron chi connectivity index (χ1n) is 8.38. The minimum Gasteiger partial charge on any atom is -0.352 e. The van der Waals surface area contributed by atoms with Gasteiger partial charge in [0.25, 0.3) is 0 Å². The Hall–Kier alpha value is -1.31. The van der Waals surface area contributed by atoms with E-state index in [1.165, 1.54) is 42.4 Å². The number of halogens is 1. The molecule has 3 rings (SSSR count). The van der Waals surface area contributed by atoms with Crippen LogP contribution < -0.4 is 10.6 Å². The summed E-state index contributed by atoms with van der Waals surface area (Å²) >= 11 is 8.82. The summed E-state index contributed by atoms with van der Waals surface area (Å²) in [6.45, 7) is 2.22. The van der Waals surface area contributed by atoms with Gasteiger partial charge < -0.3 is 10.6 Å². The van der Waals surface area contributed by atoms with Crippen molar-refractivity contribution in [1.29, 1.82) is 0 Å². The molecule has 1 saturated carbocycles. The summed E-state index contributed by atoms with van der Waals surface area (Å²) in [6, 6.07) is 7.75. The van der Waals surface area contributed by atoms with E-state index in [0.717, 1.165) is 16.4 Å². The smallest absolute Gasteiger partial charge is 0.230 e. The van der Waals surface area contributed by atoms with Crippen LogP contribution in [0.1, 0.15) is 32.6 Å². The summed E-state index contributed by atoms with van der Waals surface area (Å²) in [7, 11) is 0. The number of rotatable bonds is 6. The Morgan fingerprint density at radius 1 is 1.36 bits per heavy atom. The van der Waals surface area contributed by atoms with Crippen LogP contribution in [0.4, 0.5) is 10.8 Å². The first-order valence-corrected chi connectivity index (χ1v) is 10.6. The van der Waals surface area contributed by atoms with Crippen LogP contribution in [0, 0.1) is 5.92 Å². The Balaban J connectivity index is 1.47. The highest BCUT2D eigenvalue weighted by Crippen LogP contribution is 2.29. The fraction of sp³-hybridized carbons (Fsp3) is 0.471. The van der Waals surface area contributed by atoms with E-state index in [1.807, 2.05) is 24.3 Å². The maximum absolute atomic E-state index is 12.2. The number of benzene rings is 1. The second-order valence-electron chi connectivity index (χ2n) is 6.23. The SMILES string of the molecule is C[C@@H]1CCCC[C@H]1NC(=O)CSc1nnc(Nc2cccc(Cl)c2)s1. The molecule has 0 bridgehead atoms. The first kappa shape index (κ1) is 18.5.